The monoisotopic (exact) mass is 443 g/mol. The average Bonchev–Trinajstić information content (AvgIpc) is 3.42. The molecule has 3 aromatic carbocycles. The van der Waals surface area contributed by atoms with Crippen LogP contribution in [0.2, 0.25) is 0 Å². The topological polar surface area (TPSA) is 85.3 Å². The van der Waals surface area contributed by atoms with Crippen molar-refractivity contribution in [2.75, 3.05) is 18.3 Å². The number of amides is 1. The van der Waals surface area contributed by atoms with Crippen LogP contribution in [-0.4, -0.2) is 30.2 Å². The van der Waals surface area contributed by atoms with E-state index in [9.17, 15) is 14.7 Å². The second-order valence-corrected chi connectivity index (χ2v) is 7.57. The van der Waals surface area contributed by atoms with Gasteiger partial charge >= 0.3 is 0 Å². The standard InChI is InChI=1S/C26H21NO6/c1-2-31-19-11-8-16(9-12-19)23-22(24(28)17-6-4-3-5-7-17)25(29)26(30)27(23)18-10-13-20-21(14-18)33-15-32-20/h3-14,23,28H,2,15H2,1H3/b24-22+. The van der Waals surface area contributed by atoms with Gasteiger partial charge in [-0.2, -0.15) is 0 Å². The number of hydrogen-bond donors (Lipinski definition) is 1. The van der Waals surface area contributed by atoms with Crippen LogP contribution in [0, 0.1) is 0 Å². The van der Waals surface area contributed by atoms with Crippen LogP contribution in [0.5, 0.6) is 17.2 Å². The number of anilines is 1. The van der Waals surface area contributed by atoms with Gasteiger partial charge in [-0.15, -0.1) is 0 Å². The predicted molar refractivity (Wildman–Crippen MR) is 121 cm³/mol. The van der Waals surface area contributed by atoms with Crippen molar-refractivity contribution in [1.29, 1.82) is 0 Å². The third-order valence-corrected chi connectivity index (χ3v) is 5.63. The lowest BCUT2D eigenvalue weighted by atomic mass is 9.95. The maximum absolute atomic E-state index is 13.2. The highest BCUT2D eigenvalue weighted by atomic mass is 16.7. The first-order chi connectivity index (χ1) is 16.1. The zero-order valence-corrected chi connectivity index (χ0v) is 17.9. The lowest BCUT2D eigenvalue weighted by Gasteiger charge is -2.25. The molecule has 0 aliphatic carbocycles. The SMILES string of the molecule is CCOc1ccc(C2/C(=C(\O)c3ccccc3)C(=O)C(=O)N2c2ccc3c(c2)OCO3)cc1. The van der Waals surface area contributed by atoms with E-state index in [1.807, 2.05) is 13.0 Å². The Kier molecular flexibility index (Phi) is 5.22. The minimum Gasteiger partial charge on any atom is -0.507 e. The average molecular weight is 443 g/mol. The van der Waals surface area contributed by atoms with Gasteiger partial charge in [0.2, 0.25) is 6.79 Å². The minimum absolute atomic E-state index is 0.0213. The van der Waals surface area contributed by atoms with Gasteiger partial charge in [0.15, 0.2) is 11.5 Å². The molecular formula is C26H21NO6. The van der Waals surface area contributed by atoms with E-state index in [1.165, 1.54) is 4.90 Å². The van der Waals surface area contributed by atoms with Gasteiger partial charge in [-0.05, 0) is 36.8 Å². The highest BCUT2D eigenvalue weighted by Gasteiger charge is 2.47. The minimum atomic E-state index is -0.832. The van der Waals surface area contributed by atoms with Crippen molar-refractivity contribution < 1.29 is 28.9 Å². The Morgan fingerprint density at radius 1 is 1.00 bits per heavy atom. The summed E-state index contributed by atoms with van der Waals surface area (Å²) in [4.78, 5) is 27.8. The number of fused-ring (bicyclic) bond motifs is 1. The molecule has 7 nitrogen and oxygen atoms in total. The summed E-state index contributed by atoms with van der Waals surface area (Å²) >= 11 is 0. The molecule has 166 valence electrons. The molecule has 7 heteroatoms. The Morgan fingerprint density at radius 3 is 2.45 bits per heavy atom. The van der Waals surface area contributed by atoms with Crippen molar-refractivity contribution in [3.05, 3.63) is 89.5 Å². The van der Waals surface area contributed by atoms with Gasteiger partial charge in [0, 0.05) is 17.3 Å². The highest BCUT2D eigenvalue weighted by molar-refractivity contribution is 6.51. The van der Waals surface area contributed by atoms with Crippen molar-refractivity contribution in [3.63, 3.8) is 0 Å². The van der Waals surface area contributed by atoms with Crippen molar-refractivity contribution in [2.24, 2.45) is 0 Å². The van der Waals surface area contributed by atoms with Crippen LogP contribution in [0.15, 0.2) is 78.4 Å². The summed E-state index contributed by atoms with van der Waals surface area (Å²) in [5.74, 6) is 0.0127. The number of ketones is 1. The predicted octanol–water partition coefficient (Wildman–Crippen LogP) is 4.44. The molecule has 0 saturated carbocycles. The van der Waals surface area contributed by atoms with E-state index in [0.29, 0.717) is 40.7 Å². The smallest absolute Gasteiger partial charge is 0.300 e. The number of ether oxygens (including phenoxy) is 3. The van der Waals surface area contributed by atoms with Crippen LogP contribution in [0.1, 0.15) is 24.1 Å². The first-order valence-electron chi connectivity index (χ1n) is 10.6. The number of benzene rings is 3. The molecule has 1 N–H and O–H groups in total. The van der Waals surface area contributed by atoms with E-state index in [2.05, 4.69) is 0 Å². The quantitative estimate of drug-likeness (QED) is 0.357. The fourth-order valence-electron chi connectivity index (χ4n) is 4.11. The summed E-state index contributed by atoms with van der Waals surface area (Å²) in [6.45, 7) is 2.50. The molecule has 1 atom stereocenters. The second kappa shape index (κ2) is 8.35. The van der Waals surface area contributed by atoms with Crippen molar-refractivity contribution in [3.8, 4) is 17.2 Å². The van der Waals surface area contributed by atoms with E-state index in [1.54, 1.807) is 66.7 Å². The van der Waals surface area contributed by atoms with Crippen molar-refractivity contribution in [2.45, 2.75) is 13.0 Å². The second-order valence-electron chi connectivity index (χ2n) is 7.57. The lowest BCUT2D eigenvalue weighted by Crippen LogP contribution is -2.29. The molecule has 0 spiro atoms. The van der Waals surface area contributed by atoms with Crippen LogP contribution in [-0.2, 0) is 9.59 Å². The Morgan fingerprint density at radius 2 is 1.73 bits per heavy atom. The van der Waals surface area contributed by atoms with Gasteiger partial charge in [-0.25, -0.2) is 0 Å². The Hall–Kier alpha value is -4.26. The number of nitrogens with zero attached hydrogens (tertiary/aromatic N) is 1. The Balaban J connectivity index is 1.67. The summed E-state index contributed by atoms with van der Waals surface area (Å²) in [6.07, 6.45) is 0. The van der Waals surface area contributed by atoms with Gasteiger partial charge in [0.25, 0.3) is 11.7 Å². The maximum atomic E-state index is 13.2. The fourth-order valence-corrected chi connectivity index (χ4v) is 4.11. The van der Waals surface area contributed by atoms with Gasteiger partial charge in [0.1, 0.15) is 11.5 Å². The van der Waals surface area contributed by atoms with Crippen LogP contribution in [0.4, 0.5) is 5.69 Å². The zero-order chi connectivity index (χ0) is 22.9. The number of rotatable bonds is 5. The molecule has 33 heavy (non-hydrogen) atoms. The van der Waals surface area contributed by atoms with Gasteiger partial charge in [-0.3, -0.25) is 14.5 Å². The number of Topliss-reactive ketones (excluding diaryl/α,β-unsaturated/α-hetero) is 1. The molecule has 0 radical (unpaired) electrons. The van der Waals surface area contributed by atoms with Crippen LogP contribution in [0.25, 0.3) is 5.76 Å². The molecule has 1 amide bonds. The normalized spacial score (nSPS) is 18.6. The molecule has 1 unspecified atom stereocenters. The molecule has 3 aromatic rings. The molecule has 0 bridgehead atoms. The number of aliphatic hydroxyl groups is 1. The number of aliphatic hydroxyl groups excluding tert-OH is 1. The first-order valence-corrected chi connectivity index (χ1v) is 10.6. The molecule has 1 saturated heterocycles. The van der Waals surface area contributed by atoms with Gasteiger partial charge in [0.05, 0.1) is 18.2 Å². The lowest BCUT2D eigenvalue weighted by molar-refractivity contribution is -0.132. The van der Waals surface area contributed by atoms with Crippen LogP contribution < -0.4 is 19.1 Å². The fraction of sp³-hybridized carbons (Fsp3) is 0.154. The molecule has 2 aliphatic heterocycles. The van der Waals surface area contributed by atoms with E-state index in [4.69, 9.17) is 14.2 Å². The molecule has 5 rings (SSSR count). The molecule has 0 aromatic heterocycles. The maximum Gasteiger partial charge on any atom is 0.300 e. The Labute approximate surface area is 190 Å². The third-order valence-electron chi connectivity index (χ3n) is 5.63. The van der Waals surface area contributed by atoms with Crippen molar-refractivity contribution >= 4 is 23.1 Å². The van der Waals surface area contributed by atoms with Crippen molar-refractivity contribution in [1.82, 2.24) is 0 Å². The summed E-state index contributed by atoms with van der Waals surface area (Å²) in [6, 6.07) is 20.1. The van der Waals surface area contributed by atoms with E-state index >= 15 is 0 Å². The zero-order valence-electron chi connectivity index (χ0n) is 17.9. The summed E-state index contributed by atoms with van der Waals surface area (Å²) in [5, 5.41) is 11.1. The van der Waals surface area contributed by atoms with E-state index < -0.39 is 17.7 Å². The number of carbonyl (C=O) groups is 2. The number of carbonyl (C=O) groups excluding carboxylic acids is 2. The summed E-state index contributed by atoms with van der Waals surface area (Å²) < 4.78 is 16.4. The third kappa shape index (κ3) is 3.57. The van der Waals surface area contributed by atoms with Gasteiger partial charge in [-0.1, -0.05) is 42.5 Å². The van der Waals surface area contributed by atoms with Gasteiger partial charge < -0.3 is 19.3 Å². The molecule has 1 fully saturated rings. The molecule has 2 aliphatic rings. The van der Waals surface area contributed by atoms with E-state index in [-0.39, 0.29) is 18.1 Å². The summed E-state index contributed by atoms with van der Waals surface area (Å²) in [7, 11) is 0. The molecular weight excluding hydrogens is 422 g/mol. The van der Waals surface area contributed by atoms with E-state index in [0.717, 1.165) is 0 Å². The van der Waals surface area contributed by atoms with Crippen LogP contribution >= 0.6 is 0 Å². The summed E-state index contributed by atoms with van der Waals surface area (Å²) in [5.41, 5.74) is 1.60. The van der Waals surface area contributed by atoms with Crippen LogP contribution in [0.3, 0.4) is 0 Å². The highest BCUT2D eigenvalue weighted by Crippen LogP contribution is 2.45. The first kappa shape index (κ1) is 20.6. The molecule has 2 heterocycles. The number of hydrogen-bond acceptors (Lipinski definition) is 6. The Bertz CT molecular complexity index is 1250. The largest absolute Gasteiger partial charge is 0.507 e.